The van der Waals surface area contributed by atoms with Gasteiger partial charge in [-0.2, -0.15) is 0 Å². The molecule has 0 unspecified atom stereocenters. The Bertz CT molecular complexity index is 1630. The van der Waals surface area contributed by atoms with Gasteiger partial charge in [-0.15, -0.1) is 0 Å². The SMILES string of the molecule is C=C(COC)C(=O)OCCCc1ccc(-c2ccc(-c3ccc(OC(=O)C(=C)COC)cc3C3OCC(C4CCC(CCC)CC4)CO3)cc2)cc1. The van der Waals surface area contributed by atoms with E-state index in [1.165, 1.54) is 58.3 Å². The number of esters is 2. The average Bonchev–Trinajstić information content (AvgIpc) is 3.17. The van der Waals surface area contributed by atoms with Crippen LogP contribution in [0.4, 0.5) is 0 Å². The van der Waals surface area contributed by atoms with Crippen molar-refractivity contribution in [2.24, 2.45) is 17.8 Å². The van der Waals surface area contributed by atoms with E-state index in [0.29, 0.717) is 43.0 Å². The second-order valence-electron chi connectivity index (χ2n) is 14.1. The predicted molar refractivity (Wildman–Crippen MR) is 203 cm³/mol. The first-order valence-corrected chi connectivity index (χ1v) is 18.6. The number of hydrogen-bond donors (Lipinski definition) is 0. The summed E-state index contributed by atoms with van der Waals surface area (Å²) in [5.41, 5.74) is 6.69. The van der Waals surface area contributed by atoms with Crippen LogP contribution in [0.2, 0.25) is 0 Å². The van der Waals surface area contributed by atoms with Gasteiger partial charge in [0.2, 0.25) is 0 Å². The summed E-state index contributed by atoms with van der Waals surface area (Å²) in [6.07, 6.45) is 8.62. The highest BCUT2D eigenvalue weighted by molar-refractivity contribution is 5.90. The van der Waals surface area contributed by atoms with Gasteiger partial charge >= 0.3 is 11.9 Å². The standard InChI is InChI=1S/C44H54O8/c1-6-8-32-10-16-36(17-11-32)38-28-50-44(51-29-38)41-25-39(52-43(46)31(3)27-48-5)22-23-40(41)37-20-18-35(19-21-37)34-14-12-33(13-15-34)9-7-24-49-42(45)30(2)26-47-4/h12-15,18-23,25,32,36,38,44H,2-3,6-11,16-17,24,26-29H2,1,4-5H3. The van der Waals surface area contributed by atoms with Crippen molar-refractivity contribution in [1.82, 2.24) is 0 Å². The highest BCUT2D eigenvalue weighted by Gasteiger charge is 2.33. The molecule has 0 N–H and O–H groups in total. The zero-order valence-electron chi connectivity index (χ0n) is 31.0. The van der Waals surface area contributed by atoms with Crippen LogP contribution in [0.5, 0.6) is 5.75 Å². The van der Waals surface area contributed by atoms with Crippen molar-refractivity contribution < 1.29 is 38.0 Å². The zero-order chi connectivity index (χ0) is 36.9. The van der Waals surface area contributed by atoms with E-state index in [1.807, 2.05) is 12.1 Å². The van der Waals surface area contributed by atoms with Gasteiger partial charge in [0.15, 0.2) is 6.29 Å². The number of carbonyl (C=O) groups excluding carboxylic acids is 2. The fourth-order valence-corrected chi connectivity index (χ4v) is 7.28. The molecule has 3 aromatic carbocycles. The third-order valence-corrected chi connectivity index (χ3v) is 10.2. The van der Waals surface area contributed by atoms with Gasteiger partial charge < -0.3 is 28.4 Å². The molecule has 0 amide bonds. The van der Waals surface area contributed by atoms with Gasteiger partial charge in [-0.1, -0.05) is 100 Å². The minimum absolute atomic E-state index is 0.0963. The van der Waals surface area contributed by atoms with Crippen LogP contribution in [0.1, 0.15) is 69.3 Å². The lowest BCUT2D eigenvalue weighted by Gasteiger charge is -2.38. The number of rotatable bonds is 17. The summed E-state index contributed by atoms with van der Waals surface area (Å²) in [5, 5.41) is 0. The minimum Gasteiger partial charge on any atom is -0.462 e. The van der Waals surface area contributed by atoms with Crippen LogP contribution in [0.15, 0.2) is 91.0 Å². The van der Waals surface area contributed by atoms with E-state index in [0.717, 1.165) is 46.6 Å². The Labute approximate surface area is 309 Å². The van der Waals surface area contributed by atoms with E-state index in [1.54, 1.807) is 6.07 Å². The molecule has 8 nitrogen and oxygen atoms in total. The third kappa shape index (κ3) is 10.7. The van der Waals surface area contributed by atoms with Crippen molar-refractivity contribution in [3.8, 4) is 28.0 Å². The number of methoxy groups -OCH3 is 2. The Kier molecular flexibility index (Phi) is 14.8. The predicted octanol–water partition coefficient (Wildman–Crippen LogP) is 9.08. The average molecular weight is 711 g/mol. The Hall–Kier alpha value is -4.08. The van der Waals surface area contributed by atoms with E-state index in [2.05, 4.69) is 68.6 Å². The topological polar surface area (TPSA) is 89.5 Å². The van der Waals surface area contributed by atoms with Gasteiger partial charge in [0.05, 0.1) is 44.2 Å². The maximum absolute atomic E-state index is 12.7. The molecule has 0 radical (unpaired) electrons. The summed E-state index contributed by atoms with van der Waals surface area (Å²) in [7, 11) is 3.04. The smallest absolute Gasteiger partial charge is 0.341 e. The summed E-state index contributed by atoms with van der Waals surface area (Å²) in [5.74, 6) is 1.32. The van der Waals surface area contributed by atoms with Crippen molar-refractivity contribution in [3.63, 3.8) is 0 Å². The quantitative estimate of drug-likeness (QED) is 0.0594. The first kappa shape index (κ1) is 39.1. The summed E-state index contributed by atoms with van der Waals surface area (Å²) >= 11 is 0. The number of aryl methyl sites for hydroxylation is 1. The molecule has 3 aromatic rings. The van der Waals surface area contributed by atoms with Crippen LogP contribution in [0.25, 0.3) is 22.3 Å². The van der Waals surface area contributed by atoms with Crippen LogP contribution >= 0.6 is 0 Å². The van der Waals surface area contributed by atoms with E-state index in [-0.39, 0.29) is 18.8 Å². The summed E-state index contributed by atoms with van der Waals surface area (Å²) in [6, 6.07) is 22.4. The van der Waals surface area contributed by atoms with Crippen LogP contribution in [0.3, 0.4) is 0 Å². The highest BCUT2D eigenvalue weighted by atomic mass is 16.7. The Morgan fingerprint density at radius 1 is 0.750 bits per heavy atom. The Balaban J connectivity index is 1.25. The minimum atomic E-state index is -0.580. The van der Waals surface area contributed by atoms with Gasteiger partial charge in [-0.3, -0.25) is 0 Å². The molecule has 8 heteroatoms. The number of hydrogen-bond acceptors (Lipinski definition) is 8. The fourth-order valence-electron chi connectivity index (χ4n) is 7.28. The summed E-state index contributed by atoms with van der Waals surface area (Å²) in [4.78, 5) is 24.6. The van der Waals surface area contributed by atoms with E-state index in [9.17, 15) is 9.59 Å². The summed E-state index contributed by atoms with van der Waals surface area (Å²) in [6.45, 7) is 11.6. The molecule has 0 atom stereocenters. The van der Waals surface area contributed by atoms with E-state index in [4.69, 9.17) is 28.4 Å². The second kappa shape index (κ2) is 19.7. The number of ether oxygens (including phenoxy) is 6. The molecule has 1 aliphatic heterocycles. The van der Waals surface area contributed by atoms with Crippen molar-refractivity contribution in [1.29, 1.82) is 0 Å². The van der Waals surface area contributed by atoms with E-state index < -0.39 is 18.2 Å². The van der Waals surface area contributed by atoms with Gasteiger partial charge in [0, 0.05) is 25.7 Å². The first-order valence-electron chi connectivity index (χ1n) is 18.6. The molecule has 1 saturated carbocycles. The molecule has 52 heavy (non-hydrogen) atoms. The van der Waals surface area contributed by atoms with Gasteiger partial charge in [-0.05, 0) is 77.5 Å². The van der Waals surface area contributed by atoms with Crippen LogP contribution in [0, 0.1) is 17.8 Å². The third-order valence-electron chi connectivity index (χ3n) is 10.2. The Morgan fingerprint density at radius 3 is 1.96 bits per heavy atom. The molecule has 1 saturated heterocycles. The lowest BCUT2D eigenvalue weighted by Crippen LogP contribution is -2.34. The van der Waals surface area contributed by atoms with Crippen molar-refractivity contribution in [2.45, 2.75) is 64.6 Å². The maximum atomic E-state index is 12.7. The molecule has 278 valence electrons. The molecule has 2 aliphatic rings. The molecular formula is C44H54O8. The van der Waals surface area contributed by atoms with Crippen LogP contribution in [-0.4, -0.2) is 59.2 Å². The normalized spacial score (nSPS) is 20.2. The van der Waals surface area contributed by atoms with Crippen molar-refractivity contribution in [3.05, 3.63) is 102 Å². The highest BCUT2D eigenvalue weighted by Crippen LogP contribution is 2.41. The fraction of sp³-hybridized carbons (Fsp3) is 0.455. The zero-order valence-corrected chi connectivity index (χ0v) is 31.0. The molecule has 0 spiro atoms. The monoisotopic (exact) mass is 710 g/mol. The van der Waals surface area contributed by atoms with Crippen LogP contribution in [-0.2, 0) is 39.7 Å². The molecule has 0 bridgehead atoms. The largest absolute Gasteiger partial charge is 0.462 e. The Morgan fingerprint density at radius 2 is 1.35 bits per heavy atom. The van der Waals surface area contributed by atoms with Gasteiger partial charge in [0.25, 0.3) is 0 Å². The molecular weight excluding hydrogens is 656 g/mol. The van der Waals surface area contributed by atoms with Crippen molar-refractivity contribution in [2.75, 3.05) is 47.3 Å². The number of carbonyl (C=O) groups is 2. The van der Waals surface area contributed by atoms with Gasteiger partial charge in [0.1, 0.15) is 5.75 Å². The van der Waals surface area contributed by atoms with Crippen LogP contribution < -0.4 is 4.74 Å². The molecule has 1 aliphatic carbocycles. The van der Waals surface area contributed by atoms with Crippen molar-refractivity contribution >= 4 is 11.9 Å². The lowest BCUT2D eigenvalue weighted by atomic mass is 9.75. The maximum Gasteiger partial charge on any atom is 0.341 e. The number of benzene rings is 3. The van der Waals surface area contributed by atoms with Gasteiger partial charge in [-0.25, -0.2) is 9.59 Å². The molecule has 5 rings (SSSR count). The molecule has 0 aromatic heterocycles. The lowest BCUT2D eigenvalue weighted by molar-refractivity contribution is -0.214. The molecule has 1 heterocycles. The summed E-state index contributed by atoms with van der Waals surface area (Å²) < 4.78 is 33.9. The second-order valence-corrected chi connectivity index (χ2v) is 14.1. The van der Waals surface area contributed by atoms with E-state index >= 15 is 0 Å². The first-order chi connectivity index (χ1) is 25.3. The molecule has 2 fully saturated rings.